The van der Waals surface area contributed by atoms with E-state index in [1.165, 1.54) is 0 Å². The summed E-state index contributed by atoms with van der Waals surface area (Å²) in [6, 6.07) is 21.9. The van der Waals surface area contributed by atoms with Crippen molar-refractivity contribution in [2.75, 3.05) is 28.4 Å². The Morgan fingerprint density at radius 1 is 0.735 bits per heavy atom. The minimum Gasteiger partial charge on any atom is -0.497 e. The molecule has 7 heteroatoms. The van der Waals surface area contributed by atoms with Crippen LogP contribution < -0.4 is 23.7 Å². The fourth-order valence-corrected chi connectivity index (χ4v) is 4.63. The van der Waals surface area contributed by atoms with Crippen molar-refractivity contribution in [1.82, 2.24) is 4.57 Å². The lowest BCUT2D eigenvalue weighted by Crippen LogP contribution is -2.17. The molecule has 0 bridgehead atoms. The zero-order chi connectivity index (χ0) is 23.9. The fraction of sp³-hybridized carbons (Fsp3) is 0.222. The first-order chi connectivity index (χ1) is 16.6. The Labute approximate surface area is 203 Å². The fourth-order valence-electron chi connectivity index (χ4n) is 3.67. The lowest BCUT2D eigenvalue weighted by Gasteiger charge is -2.12. The molecule has 1 aromatic heterocycles. The predicted molar refractivity (Wildman–Crippen MR) is 136 cm³/mol. The molecule has 4 rings (SSSR count). The van der Waals surface area contributed by atoms with Crippen LogP contribution in [0.3, 0.4) is 0 Å². The number of ether oxygens (including phenoxy) is 4. The molecule has 0 saturated heterocycles. The lowest BCUT2D eigenvalue weighted by atomic mass is 10.1. The Balaban J connectivity index is 1.71. The molecule has 0 aliphatic carbocycles. The number of aromatic nitrogens is 1. The van der Waals surface area contributed by atoms with E-state index in [-0.39, 0.29) is 0 Å². The maximum atomic E-state index is 5.48. The molecule has 0 saturated carbocycles. The van der Waals surface area contributed by atoms with Crippen LogP contribution in [0.1, 0.15) is 5.56 Å². The van der Waals surface area contributed by atoms with E-state index in [1.807, 2.05) is 48.5 Å². The van der Waals surface area contributed by atoms with Crippen LogP contribution >= 0.6 is 11.3 Å². The van der Waals surface area contributed by atoms with Crippen LogP contribution in [0.5, 0.6) is 23.0 Å². The molecule has 0 atom stereocenters. The van der Waals surface area contributed by atoms with Gasteiger partial charge in [0.1, 0.15) is 11.5 Å². The van der Waals surface area contributed by atoms with E-state index in [0.29, 0.717) is 0 Å². The number of thiazole rings is 1. The van der Waals surface area contributed by atoms with Gasteiger partial charge in [0.2, 0.25) is 0 Å². The normalized spacial score (nSPS) is 11.4. The van der Waals surface area contributed by atoms with Crippen LogP contribution in [0.2, 0.25) is 0 Å². The summed E-state index contributed by atoms with van der Waals surface area (Å²) in [5, 5.41) is 2.15. The van der Waals surface area contributed by atoms with Gasteiger partial charge in [0.25, 0.3) is 0 Å². The minimum absolute atomic E-state index is 0.726. The molecule has 4 aromatic rings. The van der Waals surface area contributed by atoms with Crippen LogP contribution in [0.4, 0.5) is 5.69 Å². The smallest absolute Gasteiger partial charge is 0.190 e. The van der Waals surface area contributed by atoms with Crippen molar-refractivity contribution in [3.05, 3.63) is 82.5 Å². The summed E-state index contributed by atoms with van der Waals surface area (Å²) in [5.41, 5.74) is 4.26. The second-order valence-electron chi connectivity index (χ2n) is 7.53. The van der Waals surface area contributed by atoms with Crippen molar-refractivity contribution in [3.63, 3.8) is 0 Å². The minimum atomic E-state index is 0.726. The van der Waals surface area contributed by atoms with Crippen molar-refractivity contribution in [2.45, 2.75) is 13.0 Å². The van der Waals surface area contributed by atoms with E-state index in [2.05, 4.69) is 28.1 Å². The van der Waals surface area contributed by atoms with Gasteiger partial charge in [0.15, 0.2) is 16.3 Å². The number of hydrogen-bond donors (Lipinski definition) is 0. The van der Waals surface area contributed by atoms with Crippen molar-refractivity contribution in [3.8, 4) is 34.3 Å². The third kappa shape index (κ3) is 5.26. The average Bonchev–Trinajstić information content (AvgIpc) is 3.29. The van der Waals surface area contributed by atoms with Crippen molar-refractivity contribution in [1.29, 1.82) is 0 Å². The largest absolute Gasteiger partial charge is 0.497 e. The van der Waals surface area contributed by atoms with Gasteiger partial charge < -0.3 is 23.5 Å². The third-order valence-corrected chi connectivity index (χ3v) is 6.42. The van der Waals surface area contributed by atoms with Crippen LogP contribution in [-0.2, 0) is 13.0 Å². The number of benzene rings is 3. The topological polar surface area (TPSA) is 54.2 Å². The quantitative estimate of drug-likeness (QED) is 0.310. The summed E-state index contributed by atoms with van der Waals surface area (Å²) < 4.78 is 23.7. The summed E-state index contributed by atoms with van der Waals surface area (Å²) in [4.78, 5) is 5.85. The standard InChI is InChI=1S/C27H28N2O4S/c1-30-22-10-6-20(7-11-22)24-18-34-27(28-21-8-12-23(31-2)13-9-21)29(24)16-15-19-5-14-25(32-3)26(17-19)33-4/h5-14,17-18H,15-16H2,1-4H3. The second-order valence-corrected chi connectivity index (χ2v) is 8.37. The van der Waals surface area contributed by atoms with Gasteiger partial charge in [-0.05, 0) is 78.2 Å². The molecule has 0 aliphatic rings. The van der Waals surface area contributed by atoms with Crippen molar-refractivity contribution in [2.24, 2.45) is 4.99 Å². The monoisotopic (exact) mass is 476 g/mol. The molecule has 0 N–H and O–H groups in total. The highest BCUT2D eigenvalue weighted by molar-refractivity contribution is 7.07. The molecular formula is C27H28N2O4S. The lowest BCUT2D eigenvalue weighted by molar-refractivity contribution is 0.354. The Morgan fingerprint density at radius 2 is 1.38 bits per heavy atom. The molecule has 0 spiro atoms. The highest BCUT2D eigenvalue weighted by Crippen LogP contribution is 2.29. The maximum Gasteiger partial charge on any atom is 0.190 e. The Bertz CT molecular complexity index is 1290. The molecule has 0 aliphatic heterocycles. The van der Waals surface area contributed by atoms with E-state index in [0.717, 1.165) is 63.3 Å². The van der Waals surface area contributed by atoms with E-state index in [4.69, 9.17) is 23.9 Å². The first-order valence-electron chi connectivity index (χ1n) is 10.9. The summed E-state index contributed by atoms with van der Waals surface area (Å²) in [7, 11) is 6.64. The van der Waals surface area contributed by atoms with Crippen LogP contribution in [0, 0.1) is 0 Å². The van der Waals surface area contributed by atoms with Crippen LogP contribution in [-0.4, -0.2) is 33.0 Å². The molecule has 176 valence electrons. The molecule has 0 fully saturated rings. The van der Waals surface area contributed by atoms with E-state index >= 15 is 0 Å². The molecule has 0 radical (unpaired) electrons. The summed E-state index contributed by atoms with van der Waals surface area (Å²) in [5.74, 6) is 3.10. The predicted octanol–water partition coefficient (Wildman–Crippen LogP) is 5.73. The molecule has 6 nitrogen and oxygen atoms in total. The number of methoxy groups -OCH3 is 4. The van der Waals surface area contributed by atoms with Crippen molar-refractivity contribution < 1.29 is 18.9 Å². The van der Waals surface area contributed by atoms with Gasteiger partial charge in [0.05, 0.1) is 39.8 Å². The zero-order valence-electron chi connectivity index (χ0n) is 19.8. The summed E-state index contributed by atoms with van der Waals surface area (Å²) >= 11 is 1.62. The van der Waals surface area contributed by atoms with Crippen LogP contribution in [0.25, 0.3) is 11.3 Å². The summed E-state index contributed by atoms with van der Waals surface area (Å²) in [6.45, 7) is 0.759. The molecule has 3 aromatic carbocycles. The van der Waals surface area contributed by atoms with Gasteiger partial charge in [-0.2, -0.15) is 0 Å². The van der Waals surface area contributed by atoms with Gasteiger partial charge in [-0.3, -0.25) is 0 Å². The Morgan fingerprint density at radius 3 is 2.00 bits per heavy atom. The summed E-state index contributed by atoms with van der Waals surface area (Å²) in [6.07, 6.45) is 0.816. The third-order valence-electron chi connectivity index (χ3n) is 5.55. The molecule has 1 heterocycles. The molecule has 34 heavy (non-hydrogen) atoms. The van der Waals surface area contributed by atoms with Gasteiger partial charge in [-0.1, -0.05) is 6.07 Å². The van der Waals surface area contributed by atoms with E-state index in [9.17, 15) is 0 Å². The number of nitrogens with zero attached hydrogens (tertiary/aromatic N) is 2. The maximum absolute atomic E-state index is 5.48. The zero-order valence-corrected chi connectivity index (χ0v) is 20.6. The van der Waals surface area contributed by atoms with E-state index in [1.54, 1.807) is 39.8 Å². The Hall–Kier alpha value is -3.71. The number of rotatable bonds is 9. The first kappa shape index (κ1) is 23.4. The Kier molecular flexibility index (Phi) is 7.54. The number of hydrogen-bond acceptors (Lipinski definition) is 6. The van der Waals surface area contributed by atoms with Gasteiger partial charge in [-0.15, -0.1) is 11.3 Å². The second kappa shape index (κ2) is 10.9. The first-order valence-corrected chi connectivity index (χ1v) is 11.8. The highest BCUT2D eigenvalue weighted by Gasteiger charge is 2.11. The highest BCUT2D eigenvalue weighted by atomic mass is 32.1. The van der Waals surface area contributed by atoms with Gasteiger partial charge in [-0.25, -0.2) is 4.99 Å². The molecular weight excluding hydrogens is 448 g/mol. The SMILES string of the molecule is COc1ccc(N=c2scc(-c3ccc(OC)cc3)n2CCc2ccc(OC)c(OC)c2)cc1. The number of aryl methyl sites for hydroxylation is 1. The van der Waals surface area contributed by atoms with Gasteiger partial charge in [0, 0.05) is 11.9 Å². The van der Waals surface area contributed by atoms with Crippen LogP contribution in [0.15, 0.2) is 77.1 Å². The average molecular weight is 477 g/mol. The van der Waals surface area contributed by atoms with E-state index < -0.39 is 0 Å². The van der Waals surface area contributed by atoms with Gasteiger partial charge >= 0.3 is 0 Å². The molecule has 0 amide bonds. The molecule has 0 unspecified atom stereocenters. The van der Waals surface area contributed by atoms with Crippen molar-refractivity contribution >= 4 is 17.0 Å².